The Morgan fingerprint density at radius 1 is 1.00 bits per heavy atom. The highest BCUT2D eigenvalue weighted by Crippen LogP contribution is 2.61. The number of aliphatic hydroxyl groups is 1. The van der Waals surface area contributed by atoms with Gasteiger partial charge >= 0.3 is 0 Å². The van der Waals surface area contributed by atoms with Crippen LogP contribution in [0.4, 0.5) is 0 Å². The van der Waals surface area contributed by atoms with Crippen molar-refractivity contribution in [1.82, 2.24) is 9.80 Å². The molecule has 1 saturated heterocycles. The summed E-state index contributed by atoms with van der Waals surface area (Å²) in [5.74, 6) is 1.42. The maximum absolute atomic E-state index is 15.2. The van der Waals surface area contributed by atoms with Crippen molar-refractivity contribution in [1.29, 1.82) is 0 Å². The molecule has 48 heavy (non-hydrogen) atoms. The van der Waals surface area contributed by atoms with Gasteiger partial charge in [0.2, 0.25) is 5.91 Å². The normalized spacial score (nSPS) is 36.6. The van der Waals surface area contributed by atoms with E-state index in [0.29, 0.717) is 40.4 Å². The third-order valence-corrected chi connectivity index (χ3v) is 20.5. The lowest BCUT2D eigenvalue weighted by Gasteiger charge is -2.45. The fraction of sp³-hybridized carbons (Fsp3) is 0.897. The van der Waals surface area contributed by atoms with E-state index in [1.807, 2.05) is 12.0 Å². The van der Waals surface area contributed by atoms with Crippen LogP contribution in [0.25, 0.3) is 0 Å². The second-order valence-corrected chi connectivity index (χ2v) is 24.1. The summed E-state index contributed by atoms with van der Waals surface area (Å²) in [4.78, 5) is 33.7. The molecule has 2 unspecified atom stereocenters. The van der Waals surface area contributed by atoms with E-state index in [2.05, 4.69) is 47.5 Å². The number of methoxy groups -OCH3 is 1. The van der Waals surface area contributed by atoms with Gasteiger partial charge in [0.05, 0.1) is 33.3 Å². The van der Waals surface area contributed by atoms with E-state index in [9.17, 15) is 9.90 Å². The van der Waals surface area contributed by atoms with Gasteiger partial charge in [0.25, 0.3) is 5.91 Å². The van der Waals surface area contributed by atoms with Gasteiger partial charge in [-0.25, -0.2) is 0 Å². The fourth-order valence-electron chi connectivity index (χ4n) is 11.5. The summed E-state index contributed by atoms with van der Waals surface area (Å²) in [5, 5.41) is 10.0. The Bertz CT molecular complexity index is 1170. The Morgan fingerprint density at radius 2 is 1.71 bits per heavy atom. The van der Waals surface area contributed by atoms with Crippen molar-refractivity contribution in [3.63, 3.8) is 0 Å². The molecule has 6 rings (SSSR count). The minimum atomic E-state index is -2.05. The Labute approximate surface area is 305 Å². The van der Waals surface area contributed by atoms with E-state index in [4.69, 9.17) is 9.47 Å². The molecule has 4 fully saturated rings. The molecule has 7 nitrogen and oxygen atoms in total. The van der Waals surface area contributed by atoms with Gasteiger partial charge in [-0.3, -0.25) is 9.59 Å². The molecule has 2 amide bonds. The number of aliphatic hydroxyl groups excluding tert-OH is 1. The van der Waals surface area contributed by atoms with Crippen LogP contribution in [-0.2, 0) is 19.1 Å². The first kappa shape index (κ1) is 37.3. The summed E-state index contributed by atoms with van der Waals surface area (Å²) in [6, 6.07) is 0. The molecule has 4 aliphatic carbocycles. The molecule has 0 bridgehead atoms. The number of nitrogens with zero attached hydrogens (tertiary/aromatic N) is 2. The van der Waals surface area contributed by atoms with Crippen LogP contribution in [0.3, 0.4) is 0 Å². The molecule has 6 atom stereocenters. The number of carbonyl (C=O) groups is 2. The van der Waals surface area contributed by atoms with Crippen molar-refractivity contribution in [2.45, 2.75) is 168 Å². The number of amides is 2. The van der Waals surface area contributed by atoms with Crippen molar-refractivity contribution in [2.24, 2.45) is 17.8 Å². The quantitative estimate of drug-likeness (QED) is 0.130. The monoisotopic (exact) mass is 796 g/mol. The number of hydrogen-bond donors (Lipinski definition) is 1. The maximum atomic E-state index is 15.2. The Morgan fingerprint density at radius 3 is 2.40 bits per heavy atom. The molecule has 9 heteroatoms. The molecule has 3 saturated carbocycles. The van der Waals surface area contributed by atoms with Crippen molar-refractivity contribution >= 4 is 42.5 Å². The fourth-order valence-corrected chi connectivity index (χ4v) is 17.7. The van der Waals surface area contributed by atoms with Crippen LogP contribution < -0.4 is 0 Å². The lowest BCUT2D eigenvalue weighted by molar-refractivity contribution is -0.152. The number of halogens is 1. The van der Waals surface area contributed by atoms with E-state index in [-0.39, 0.29) is 36.0 Å². The van der Waals surface area contributed by atoms with Crippen LogP contribution in [0, 0.1) is 17.8 Å². The summed E-state index contributed by atoms with van der Waals surface area (Å²) in [7, 11) is -0.204. The van der Waals surface area contributed by atoms with E-state index in [1.54, 1.807) is 0 Å². The van der Waals surface area contributed by atoms with Crippen molar-refractivity contribution < 1.29 is 24.2 Å². The van der Waals surface area contributed by atoms with Crippen LogP contribution in [-0.4, -0.2) is 89.9 Å². The molecule has 272 valence electrons. The first-order valence-electron chi connectivity index (χ1n) is 19.9. The highest BCUT2D eigenvalue weighted by Gasteiger charge is 2.67. The molecule has 2 aliphatic heterocycles. The first-order valence-corrected chi connectivity index (χ1v) is 24.3. The summed E-state index contributed by atoms with van der Waals surface area (Å²) in [6.45, 7) is 9.37. The van der Waals surface area contributed by atoms with Gasteiger partial charge in [-0.1, -0.05) is 81.1 Å². The van der Waals surface area contributed by atoms with Crippen LogP contribution in [0.15, 0.2) is 11.3 Å². The minimum absolute atomic E-state index is 0.0142. The number of hydrogen-bond acceptors (Lipinski definition) is 5. The standard InChI is InChI=1S/C39H65IN2O5Si/c1-27-37(48(3,4)32-19-17-31(46-2)18-20-32)35(24-36(44)41(21-22-43)25-28-11-6-5-7-12-28)47-39(27)33-15-8-9-16-34(33)42(38(39)45)26-29-13-10-14-30(40)23-29/h27-32,35,37,43H,5-26H2,1-4H3/t27-,29?,30?,31?,32?,35+,37-,39+/m1/s1. The zero-order valence-electron chi connectivity index (χ0n) is 30.5. The van der Waals surface area contributed by atoms with Gasteiger partial charge in [-0.2, -0.15) is 0 Å². The van der Waals surface area contributed by atoms with Gasteiger partial charge in [0.15, 0.2) is 5.60 Å². The molecule has 0 aromatic rings. The summed E-state index contributed by atoms with van der Waals surface area (Å²) in [6.07, 6.45) is 20.1. The van der Waals surface area contributed by atoms with Gasteiger partial charge in [-0.15, -0.1) is 0 Å². The second kappa shape index (κ2) is 16.0. The Hall–Kier alpha value is -0.493. The SMILES string of the molecule is COC1CCC([Si](C)(C)[C@H]2[C@H](CC(=O)N(CCO)CC3CCCCC3)O[C@@]3(C(=O)N(CC4CCCC(I)C4)C4=C3CCCC4)[C@@H]2C)CC1. The maximum Gasteiger partial charge on any atom is 0.263 e. The topological polar surface area (TPSA) is 79.3 Å². The van der Waals surface area contributed by atoms with Crippen LogP contribution >= 0.6 is 22.6 Å². The molecular formula is C39H65IN2O5Si. The van der Waals surface area contributed by atoms with Crippen LogP contribution in [0.1, 0.15) is 122 Å². The highest BCUT2D eigenvalue weighted by atomic mass is 127. The minimum Gasteiger partial charge on any atom is -0.395 e. The van der Waals surface area contributed by atoms with Gasteiger partial charge in [0.1, 0.15) is 0 Å². The molecule has 0 aromatic carbocycles. The third-order valence-electron chi connectivity index (χ3n) is 14.1. The summed E-state index contributed by atoms with van der Waals surface area (Å²) >= 11 is 2.62. The van der Waals surface area contributed by atoms with Gasteiger partial charge in [-0.05, 0) is 99.1 Å². The third kappa shape index (κ3) is 7.38. The van der Waals surface area contributed by atoms with Gasteiger partial charge < -0.3 is 24.4 Å². The average molecular weight is 797 g/mol. The Kier molecular flexibility index (Phi) is 12.4. The number of ether oxygens (including phenoxy) is 2. The second-order valence-electron chi connectivity index (χ2n) is 17.2. The van der Waals surface area contributed by atoms with Crippen molar-refractivity contribution in [2.75, 3.05) is 33.4 Å². The number of fused-ring (bicyclic) bond motifs is 1. The lowest BCUT2D eigenvalue weighted by Crippen LogP contribution is -2.50. The number of allylic oxidation sites excluding steroid dienone is 1. The molecule has 1 spiro atoms. The molecule has 2 heterocycles. The molecule has 0 radical (unpaired) electrons. The lowest BCUT2D eigenvalue weighted by atomic mass is 9.78. The molecule has 6 aliphatic rings. The average Bonchev–Trinajstić information content (AvgIpc) is 3.51. The molecule has 1 N–H and O–H groups in total. The number of rotatable bonds is 11. The predicted molar refractivity (Wildman–Crippen MR) is 203 cm³/mol. The van der Waals surface area contributed by atoms with E-state index in [0.717, 1.165) is 51.6 Å². The largest absolute Gasteiger partial charge is 0.395 e. The van der Waals surface area contributed by atoms with Crippen LogP contribution in [0.5, 0.6) is 0 Å². The highest BCUT2D eigenvalue weighted by molar-refractivity contribution is 14.1. The summed E-state index contributed by atoms with van der Waals surface area (Å²) < 4.78 is 13.9. The number of alkyl halides is 1. The molecule has 0 aromatic heterocycles. The zero-order chi connectivity index (χ0) is 34.1. The zero-order valence-corrected chi connectivity index (χ0v) is 33.7. The predicted octanol–water partition coefficient (Wildman–Crippen LogP) is 8.25. The van der Waals surface area contributed by atoms with Crippen molar-refractivity contribution in [3.8, 4) is 0 Å². The first-order chi connectivity index (χ1) is 23.1. The molecular weight excluding hydrogens is 731 g/mol. The number of carbonyl (C=O) groups excluding carboxylic acids is 2. The van der Waals surface area contributed by atoms with E-state index in [1.165, 1.54) is 81.9 Å². The van der Waals surface area contributed by atoms with Crippen molar-refractivity contribution in [3.05, 3.63) is 11.3 Å². The smallest absolute Gasteiger partial charge is 0.263 e. The Balaban J connectivity index is 1.32. The van der Waals surface area contributed by atoms with E-state index >= 15 is 4.79 Å². The van der Waals surface area contributed by atoms with E-state index < -0.39 is 13.7 Å². The summed E-state index contributed by atoms with van der Waals surface area (Å²) in [5.41, 5.74) is 2.46. The van der Waals surface area contributed by atoms with Crippen LogP contribution in [0.2, 0.25) is 24.2 Å². The van der Waals surface area contributed by atoms with Gasteiger partial charge in [0, 0.05) is 42.3 Å².